The Bertz CT molecular complexity index is 395. The van der Waals surface area contributed by atoms with Crippen molar-refractivity contribution in [2.75, 3.05) is 52.3 Å². The molecule has 0 saturated heterocycles. The lowest BCUT2D eigenvalue weighted by Crippen LogP contribution is -2.40. The zero-order chi connectivity index (χ0) is 15.7. The monoisotopic (exact) mass is 293 g/mol. The molecule has 1 aromatic carbocycles. The first-order chi connectivity index (χ1) is 10.1. The molecule has 0 amide bonds. The molecule has 0 spiro atoms. The molecule has 0 bridgehead atoms. The molecule has 0 radical (unpaired) electrons. The summed E-state index contributed by atoms with van der Waals surface area (Å²) < 4.78 is 5.08. The van der Waals surface area contributed by atoms with Crippen LogP contribution in [0.4, 0.5) is 5.69 Å². The van der Waals surface area contributed by atoms with E-state index in [0.29, 0.717) is 6.04 Å². The minimum absolute atomic E-state index is 0.491. The summed E-state index contributed by atoms with van der Waals surface area (Å²) in [6.07, 6.45) is 0. The van der Waals surface area contributed by atoms with E-state index in [2.05, 4.69) is 67.3 Å². The van der Waals surface area contributed by atoms with Crippen LogP contribution in [0, 0.1) is 0 Å². The van der Waals surface area contributed by atoms with Gasteiger partial charge in [-0.25, -0.2) is 0 Å². The zero-order valence-electron chi connectivity index (χ0n) is 14.2. The van der Waals surface area contributed by atoms with Crippen LogP contribution in [0.1, 0.15) is 19.4 Å². The molecule has 1 unspecified atom stereocenters. The summed E-state index contributed by atoms with van der Waals surface area (Å²) in [6, 6.07) is 9.16. The van der Waals surface area contributed by atoms with E-state index in [1.54, 1.807) is 7.11 Å². The van der Waals surface area contributed by atoms with Gasteiger partial charge in [0, 0.05) is 45.0 Å². The minimum atomic E-state index is 0.491. The fraction of sp³-hybridized carbons (Fsp3) is 0.647. The molecule has 0 aliphatic heterocycles. The molecule has 4 heteroatoms. The van der Waals surface area contributed by atoms with Gasteiger partial charge in [0.05, 0.1) is 6.61 Å². The van der Waals surface area contributed by atoms with Crippen LogP contribution in [-0.4, -0.2) is 58.4 Å². The third-order valence-electron chi connectivity index (χ3n) is 3.60. The van der Waals surface area contributed by atoms with Gasteiger partial charge in [-0.1, -0.05) is 18.2 Å². The lowest BCUT2D eigenvalue weighted by molar-refractivity contribution is 0.199. The first-order valence-corrected chi connectivity index (χ1v) is 7.79. The summed E-state index contributed by atoms with van der Waals surface area (Å²) in [6.45, 7) is 9.09. The Morgan fingerprint density at radius 2 is 1.95 bits per heavy atom. The summed E-state index contributed by atoms with van der Waals surface area (Å²) in [5.74, 6) is 0. The molecule has 0 aliphatic carbocycles. The summed E-state index contributed by atoms with van der Waals surface area (Å²) in [7, 11) is 5.99. The summed E-state index contributed by atoms with van der Waals surface area (Å²) in [5.41, 5.74) is 2.68. The summed E-state index contributed by atoms with van der Waals surface area (Å²) >= 11 is 0. The van der Waals surface area contributed by atoms with E-state index >= 15 is 0 Å². The Hall–Kier alpha value is -1.10. The van der Waals surface area contributed by atoms with Gasteiger partial charge < -0.3 is 19.9 Å². The highest BCUT2D eigenvalue weighted by Gasteiger charge is 2.16. The zero-order valence-corrected chi connectivity index (χ0v) is 14.2. The van der Waals surface area contributed by atoms with Gasteiger partial charge in [0.15, 0.2) is 0 Å². The number of anilines is 1. The predicted octanol–water partition coefficient (Wildman–Crippen LogP) is 2.20. The minimum Gasteiger partial charge on any atom is -0.383 e. The number of nitrogens with zero attached hydrogens (tertiary/aromatic N) is 2. The van der Waals surface area contributed by atoms with Gasteiger partial charge in [0.2, 0.25) is 0 Å². The quantitative estimate of drug-likeness (QED) is 0.669. The van der Waals surface area contributed by atoms with E-state index in [1.165, 1.54) is 11.3 Å². The van der Waals surface area contributed by atoms with Gasteiger partial charge in [-0.05, 0) is 39.6 Å². The molecule has 0 aromatic heterocycles. The van der Waals surface area contributed by atoms with Crippen LogP contribution < -0.4 is 10.2 Å². The van der Waals surface area contributed by atoms with E-state index in [0.717, 1.165) is 32.8 Å². The number of likely N-dealkylation sites (N-methyl/N-ethyl adjacent to an activating group) is 2. The first kappa shape index (κ1) is 18.0. The molecule has 120 valence electrons. The van der Waals surface area contributed by atoms with Crippen molar-refractivity contribution >= 4 is 5.69 Å². The highest BCUT2D eigenvalue weighted by atomic mass is 16.5. The first-order valence-electron chi connectivity index (χ1n) is 7.79. The number of rotatable bonds is 10. The van der Waals surface area contributed by atoms with Crippen LogP contribution >= 0.6 is 0 Å². The lowest BCUT2D eigenvalue weighted by atomic mass is 10.1. The summed E-state index contributed by atoms with van der Waals surface area (Å²) in [4.78, 5) is 4.72. The molecule has 0 heterocycles. The van der Waals surface area contributed by atoms with Crippen molar-refractivity contribution in [2.45, 2.75) is 26.4 Å². The molecule has 0 saturated carbocycles. The normalized spacial score (nSPS) is 12.7. The molecule has 4 nitrogen and oxygen atoms in total. The average Bonchev–Trinajstić information content (AvgIpc) is 2.45. The van der Waals surface area contributed by atoms with Gasteiger partial charge in [-0.2, -0.15) is 0 Å². The molecule has 1 aromatic rings. The average molecular weight is 293 g/mol. The second-order valence-electron chi connectivity index (χ2n) is 5.70. The van der Waals surface area contributed by atoms with Crippen LogP contribution in [-0.2, 0) is 11.3 Å². The number of methoxy groups -OCH3 is 1. The number of hydrogen-bond donors (Lipinski definition) is 1. The van der Waals surface area contributed by atoms with Crippen molar-refractivity contribution < 1.29 is 4.74 Å². The van der Waals surface area contributed by atoms with Crippen molar-refractivity contribution in [1.29, 1.82) is 0 Å². The third kappa shape index (κ3) is 6.04. The predicted molar refractivity (Wildman–Crippen MR) is 91.1 cm³/mol. The molecule has 1 rings (SSSR count). The molecular formula is C17H31N3O. The summed E-state index contributed by atoms with van der Waals surface area (Å²) in [5, 5.41) is 3.44. The van der Waals surface area contributed by atoms with E-state index in [9.17, 15) is 0 Å². The Balaban J connectivity index is 2.78. The van der Waals surface area contributed by atoms with Crippen molar-refractivity contribution in [3.05, 3.63) is 29.8 Å². The van der Waals surface area contributed by atoms with Crippen LogP contribution in [0.5, 0.6) is 0 Å². The number of para-hydroxylation sites is 1. The Kier molecular flexibility index (Phi) is 8.35. The van der Waals surface area contributed by atoms with Gasteiger partial charge in [0.25, 0.3) is 0 Å². The number of nitrogens with one attached hydrogen (secondary N) is 1. The topological polar surface area (TPSA) is 27.7 Å². The Morgan fingerprint density at radius 3 is 2.57 bits per heavy atom. The number of ether oxygens (including phenoxy) is 1. The van der Waals surface area contributed by atoms with Crippen molar-refractivity contribution in [3.63, 3.8) is 0 Å². The van der Waals surface area contributed by atoms with Crippen LogP contribution in [0.2, 0.25) is 0 Å². The Morgan fingerprint density at radius 1 is 1.24 bits per heavy atom. The molecule has 0 aliphatic rings. The van der Waals surface area contributed by atoms with Gasteiger partial charge >= 0.3 is 0 Å². The highest BCUT2D eigenvalue weighted by molar-refractivity contribution is 5.54. The SMILES string of the molecule is CCN(c1ccccc1CNCCOC)C(C)CN(C)C. The maximum atomic E-state index is 5.08. The number of benzene rings is 1. The smallest absolute Gasteiger partial charge is 0.0587 e. The van der Waals surface area contributed by atoms with Crippen LogP contribution in [0.3, 0.4) is 0 Å². The molecule has 1 atom stereocenters. The molecule has 0 fully saturated rings. The van der Waals surface area contributed by atoms with Crippen molar-refractivity contribution in [3.8, 4) is 0 Å². The highest BCUT2D eigenvalue weighted by Crippen LogP contribution is 2.22. The largest absolute Gasteiger partial charge is 0.383 e. The maximum absolute atomic E-state index is 5.08. The third-order valence-corrected chi connectivity index (χ3v) is 3.60. The van der Waals surface area contributed by atoms with E-state index < -0.39 is 0 Å². The fourth-order valence-electron chi connectivity index (χ4n) is 2.68. The second-order valence-corrected chi connectivity index (χ2v) is 5.70. The molecule has 1 N–H and O–H groups in total. The lowest BCUT2D eigenvalue weighted by Gasteiger charge is -2.33. The van der Waals surface area contributed by atoms with Gasteiger partial charge in [0.1, 0.15) is 0 Å². The van der Waals surface area contributed by atoms with Crippen LogP contribution in [0.25, 0.3) is 0 Å². The van der Waals surface area contributed by atoms with Gasteiger partial charge in [-0.15, -0.1) is 0 Å². The van der Waals surface area contributed by atoms with E-state index in [-0.39, 0.29) is 0 Å². The van der Waals surface area contributed by atoms with E-state index in [1.807, 2.05) is 0 Å². The van der Waals surface area contributed by atoms with Crippen molar-refractivity contribution in [1.82, 2.24) is 10.2 Å². The fourth-order valence-corrected chi connectivity index (χ4v) is 2.68. The standard InChI is InChI=1S/C17H31N3O/c1-6-20(15(2)14-19(3)4)17-10-8-7-9-16(17)13-18-11-12-21-5/h7-10,15,18H,6,11-14H2,1-5H3. The van der Waals surface area contributed by atoms with E-state index in [4.69, 9.17) is 4.74 Å². The molecule has 21 heavy (non-hydrogen) atoms. The van der Waals surface area contributed by atoms with Gasteiger partial charge in [-0.3, -0.25) is 0 Å². The maximum Gasteiger partial charge on any atom is 0.0587 e. The second kappa shape index (κ2) is 9.77. The van der Waals surface area contributed by atoms with Crippen LogP contribution in [0.15, 0.2) is 24.3 Å². The van der Waals surface area contributed by atoms with Crippen molar-refractivity contribution in [2.24, 2.45) is 0 Å². The molecular weight excluding hydrogens is 262 g/mol. The number of hydrogen-bond acceptors (Lipinski definition) is 4. The Labute approximate surface area is 130 Å².